The number of alkyl carbamates (subject to hydrolysis) is 1. The molecule has 3 N–H and O–H groups in total. The lowest BCUT2D eigenvalue weighted by Crippen LogP contribution is -2.42. The number of nitrogens with one attached hydrogen (secondary N) is 2. The molecule has 31 heavy (non-hydrogen) atoms. The molecule has 3 aromatic rings. The zero-order chi connectivity index (χ0) is 21.8. The number of carboxylic acid groups (broad SMARTS) is 1. The molecule has 7 nitrogen and oxygen atoms in total. The van der Waals surface area contributed by atoms with E-state index in [0.717, 1.165) is 22.3 Å². The molecule has 2 aromatic carbocycles. The summed E-state index contributed by atoms with van der Waals surface area (Å²) in [6, 6.07) is 18.4. The van der Waals surface area contributed by atoms with Gasteiger partial charge in [0.25, 0.3) is 0 Å². The predicted molar refractivity (Wildman–Crippen MR) is 116 cm³/mol. The maximum atomic E-state index is 12.5. The third-order valence-corrected chi connectivity index (χ3v) is 6.05. The van der Waals surface area contributed by atoms with Crippen LogP contribution in [0.1, 0.15) is 28.0 Å². The minimum atomic E-state index is -1.17. The summed E-state index contributed by atoms with van der Waals surface area (Å²) in [6.45, 7) is -0.416. The summed E-state index contributed by atoms with van der Waals surface area (Å²) in [5.41, 5.74) is 4.42. The first-order chi connectivity index (χ1) is 15.0. The molecule has 1 aliphatic rings. The number of carboxylic acids is 1. The number of hydrogen-bond acceptors (Lipinski definition) is 5. The Morgan fingerprint density at radius 1 is 0.968 bits per heavy atom. The van der Waals surface area contributed by atoms with Crippen LogP contribution in [0.25, 0.3) is 11.1 Å². The number of aliphatic carboxylic acids is 1. The SMILES string of the molecule is O=C(O)CNC(=O)C(NC(=O)OCC1c2ccccc2-c2ccccc21)c1cccs1. The summed E-state index contributed by atoms with van der Waals surface area (Å²) < 4.78 is 5.50. The van der Waals surface area contributed by atoms with Crippen molar-refractivity contribution < 1.29 is 24.2 Å². The van der Waals surface area contributed by atoms with Gasteiger partial charge in [0.2, 0.25) is 5.91 Å². The maximum Gasteiger partial charge on any atom is 0.408 e. The van der Waals surface area contributed by atoms with Crippen LogP contribution < -0.4 is 10.6 Å². The van der Waals surface area contributed by atoms with Gasteiger partial charge in [-0.25, -0.2) is 4.79 Å². The second-order valence-electron chi connectivity index (χ2n) is 7.03. The Kier molecular flexibility index (Phi) is 5.99. The van der Waals surface area contributed by atoms with Gasteiger partial charge in [-0.05, 0) is 33.7 Å². The molecule has 4 rings (SSSR count). The van der Waals surface area contributed by atoms with Crippen LogP contribution in [0.4, 0.5) is 4.79 Å². The van der Waals surface area contributed by atoms with Gasteiger partial charge >= 0.3 is 12.1 Å². The Morgan fingerprint density at radius 2 is 1.61 bits per heavy atom. The van der Waals surface area contributed by atoms with Crippen molar-refractivity contribution in [2.24, 2.45) is 0 Å². The predicted octanol–water partition coefficient (Wildman–Crippen LogP) is 3.53. The largest absolute Gasteiger partial charge is 0.480 e. The molecule has 0 radical (unpaired) electrons. The van der Waals surface area contributed by atoms with Gasteiger partial charge in [-0.3, -0.25) is 9.59 Å². The number of carbonyl (C=O) groups is 3. The van der Waals surface area contributed by atoms with Crippen molar-refractivity contribution in [2.45, 2.75) is 12.0 Å². The standard InChI is InChI=1S/C23H20N2O5S/c26-20(27)12-24-22(28)21(19-10-5-11-31-19)25-23(29)30-13-18-16-8-3-1-6-14(16)15-7-2-4-9-17(15)18/h1-11,18,21H,12-13H2,(H,24,28)(H,25,29)(H,26,27). The van der Waals surface area contributed by atoms with Crippen LogP contribution >= 0.6 is 11.3 Å². The number of fused-ring (bicyclic) bond motifs is 3. The summed E-state index contributed by atoms with van der Waals surface area (Å²) in [5.74, 6) is -1.88. The normalized spacial score (nSPS) is 13.0. The molecule has 1 heterocycles. The van der Waals surface area contributed by atoms with Crippen LogP contribution in [0.15, 0.2) is 66.0 Å². The Balaban J connectivity index is 1.45. The van der Waals surface area contributed by atoms with E-state index in [1.165, 1.54) is 11.3 Å². The molecule has 0 bridgehead atoms. The third kappa shape index (κ3) is 4.44. The molecule has 158 valence electrons. The van der Waals surface area contributed by atoms with E-state index < -0.39 is 30.6 Å². The number of thiophene rings is 1. The average molecular weight is 436 g/mol. The molecule has 8 heteroatoms. The maximum absolute atomic E-state index is 12.5. The van der Waals surface area contributed by atoms with Gasteiger partial charge in [0.05, 0.1) is 0 Å². The fraction of sp³-hybridized carbons (Fsp3) is 0.174. The van der Waals surface area contributed by atoms with Crippen molar-refractivity contribution in [3.8, 4) is 11.1 Å². The highest BCUT2D eigenvalue weighted by atomic mass is 32.1. The quantitative estimate of drug-likeness (QED) is 0.526. The third-order valence-electron chi connectivity index (χ3n) is 5.11. The molecular formula is C23H20N2O5S. The van der Waals surface area contributed by atoms with Gasteiger partial charge in [-0.2, -0.15) is 0 Å². The van der Waals surface area contributed by atoms with Crippen molar-refractivity contribution in [3.05, 3.63) is 82.0 Å². The fourth-order valence-electron chi connectivity index (χ4n) is 3.74. The van der Waals surface area contributed by atoms with E-state index >= 15 is 0 Å². The van der Waals surface area contributed by atoms with Crippen molar-refractivity contribution in [3.63, 3.8) is 0 Å². The smallest absolute Gasteiger partial charge is 0.408 e. The molecule has 0 saturated carbocycles. The molecule has 1 aliphatic carbocycles. The topological polar surface area (TPSA) is 105 Å². The van der Waals surface area contributed by atoms with Crippen LogP contribution in [-0.4, -0.2) is 36.2 Å². The van der Waals surface area contributed by atoms with Crippen LogP contribution in [0.5, 0.6) is 0 Å². The monoisotopic (exact) mass is 436 g/mol. The zero-order valence-corrected chi connectivity index (χ0v) is 17.2. The van der Waals surface area contributed by atoms with Gasteiger partial charge in [-0.1, -0.05) is 54.6 Å². The fourth-order valence-corrected chi connectivity index (χ4v) is 4.52. The van der Waals surface area contributed by atoms with Gasteiger partial charge in [0, 0.05) is 10.8 Å². The van der Waals surface area contributed by atoms with Gasteiger partial charge < -0.3 is 20.5 Å². The van der Waals surface area contributed by atoms with Crippen molar-refractivity contribution in [2.75, 3.05) is 13.2 Å². The van der Waals surface area contributed by atoms with E-state index in [1.54, 1.807) is 17.5 Å². The number of carbonyl (C=O) groups excluding carboxylic acids is 2. The van der Waals surface area contributed by atoms with Gasteiger partial charge in [0.1, 0.15) is 19.2 Å². The Labute approximate surface area is 182 Å². The number of benzene rings is 2. The second-order valence-corrected chi connectivity index (χ2v) is 8.01. The van der Waals surface area contributed by atoms with E-state index in [2.05, 4.69) is 10.6 Å². The first-order valence-electron chi connectivity index (χ1n) is 9.69. The van der Waals surface area contributed by atoms with E-state index in [9.17, 15) is 14.4 Å². The first-order valence-corrected chi connectivity index (χ1v) is 10.6. The molecule has 1 atom stereocenters. The Bertz CT molecular complexity index is 1070. The van der Waals surface area contributed by atoms with Crippen LogP contribution in [0.2, 0.25) is 0 Å². The summed E-state index contributed by atoms with van der Waals surface area (Å²) in [4.78, 5) is 36.3. The second kappa shape index (κ2) is 9.01. The lowest BCUT2D eigenvalue weighted by atomic mass is 9.98. The Hall–Kier alpha value is -3.65. The number of hydrogen-bond donors (Lipinski definition) is 3. The zero-order valence-electron chi connectivity index (χ0n) is 16.4. The summed E-state index contributed by atoms with van der Waals surface area (Å²) in [7, 11) is 0. The van der Waals surface area contributed by atoms with E-state index in [1.807, 2.05) is 48.5 Å². The lowest BCUT2D eigenvalue weighted by Gasteiger charge is -2.18. The van der Waals surface area contributed by atoms with Crippen molar-refractivity contribution in [1.82, 2.24) is 10.6 Å². The molecule has 1 aromatic heterocycles. The van der Waals surface area contributed by atoms with Crippen LogP contribution in [-0.2, 0) is 14.3 Å². The Morgan fingerprint density at radius 3 is 2.19 bits per heavy atom. The number of ether oxygens (including phenoxy) is 1. The first kappa shape index (κ1) is 20.6. The van der Waals surface area contributed by atoms with E-state index in [-0.39, 0.29) is 12.5 Å². The highest BCUT2D eigenvalue weighted by Gasteiger charge is 2.30. The van der Waals surface area contributed by atoms with E-state index in [4.69, 9.17) is 9.84 Å². The summed E-state index contributed by atoms with van der Waals surface area (Å²) in [6.07, 6.45) is -0.745. The number of rotatable bonds is 7. The molecule has 2 amide bonds. The lowest BCUT2D eigenvalue weighted by molar-refractivity contribution is -0.138. The van der Waals surface area contributed by atoms with Crippen molar-refractivity contribution in [1.29, 1.82) is 0 Å². The number of amides is 2. The highest BCUT2D eigenvalue weighted by Crippen LogP contribution is 2.44. The van der Waals surface area contributed by atoms with Crippen LogP contribution in [0.3, 0.4) is 0 Å². The highest BCUT2D eigenvalue weighted by molar-refractivity contribution is 7.10. The molecule has 0 spiro atoms. The van der Waals surface area contributed by atoms with Crippen molar-refractivity contribution >= 4 is 29.3 Å². The molecular weight excluding hydrogens is 416 g/mol. The average Bonchev–Trinajstić information content (AvgIpc) is 3.41. The molecule has 0 saturated heterocycles. The minimum Gasteiger partial charge on any atom is -0.480 e. The van der Waals surface area contributed by atoms with E-state index in [0.29, 0.717) is 4.88 Å². The van der Waals surface area contributed by atoms with Crippen LogP contribution in [0, 0.1) is 0 Å². The van der Waals surface area contributed by atoms with Gasteiger partial charge in [-0.15, -0.1) is 11.3 Å². The summed E-state index contributed by atoms with van der Waals surface area (Å²) >= 11 is 1.28. The molecule has 0 fully saturated rings. The molecule has 0 aliphatic heterocycles. The summed E-state index contributed by atoms with van der Waals surface area (Å²) in [5, 5.41) is 15.4. The minimum absolute atomic E-state index is 0.0980. The van der Waals surface area contributed by atoms with Gasteiger partial charge in [0.15, 0.2) is 0 Å². The molecule has 1 unspecified atom stereocenters.